The monoisotopic (exact) mass is 176 g/mol. The fourth-order valence-corrected chi connectivity index (χ4v) is 1.05. The summed E-state index contributed by atoms with van der Waals surface area (Å²) >= 11 is 0. The summed E-state index contributed by atoms with van der Waals surface area (Å²) < 4.78 is 0. The molecule has 0 aliphatic rings. The van der Waals surface area contributed by atoms with E-state index in [1.807, 2.05) is 19.1 Å². The third-order valence-electron chi connectivity index (χ3n) is 1.98. The van der Waals surface area contributed by atoms with Crippen LogP contribution in [-0.4, -0.2) is 5.84 Å². The molecule has 0 aromatic heterocycles. The molecule has 0 amide bonds. The molecule has 0 bridgehead atoms. The zero-order valence-electron chi connectivity index (χ0n) is 8.25. The van der Waals surface area contributed by atoms with E-state index < -0.39 is 0 Å². The van der Waals surface area contributed by atoms with Crippen LogP contribution in [0, 0.1) is 0 Å². The summed E-state index contributed by atoms with van der Waals surface area (Å²) in [6.45, 7) is 4.14. The van der Waals surface area contributed by atoms with Gasteiger partial charge in [0, 0.05) is 6.42 Å². The average molecular weight is 176 g/mol. The smallest absolute Gasteiger partial charge is 0.0993 e. The van der Waals surface area contributed by atoms with Crippen LogP contribution in [-0.2, 0) is 6.42 Å². The van der Waals surface area contributed by atoms with E-state index in [4.69, 9.17) is 5.73 Å². The molecular formula is C11H16N2. The molecule has 0 spiro atoms. The predicted molar refractivity (Wildman–Crippen MR) is 57.4 cm³/mol. The van der Waals surface area contributed by atoms with Gasteiger partial charge in [-0.2, -0.15) is 0 Å². The standard InChI is InChI=1S/C11H16N2/c1-3-9-5-7-10(8-6-9)13-11(12)4-2/h5-8H,3-4H2,1-2H3,(H2,12,13). The van der Waals surface area contributed by atoms with Crippen LogP contribution >= 0.6 is 0 Å². The summed E-state index contributed by atoms with van der Waals surface area (Å²) in [6, 6.07) is 8.17. The van der Waals surface area contributed by atoms with E-state index in [0.29, 0.717) is 5.84 Å². The minimum Gasteiger partial charge on any atom is -0.387 e. The largest absolute Gasteiger partial charge is 0.387 e. The molecular weight excluding hydrogens is 160 g/mol. The Bertz CT molecular complexity index is 285. The van der Waals surface area contributed by atoms with Crippen LogP contribution in [0.3, 0.4) is 0 Å². The van der Waals surface area contributed by atoms with Crippen LogP contribution in [0.2, 0.25) is 0 Å². The quantitative estimate of drug-likeness (QED) is 0.558. The van der Waals surface area contributed by atoms with Crippen molar-refractivity contribution >= 4 is 11.5 Å². The molecule has 0 unspecified atom stereocenters. The second kappa shape index (κ2) is 4.65. The van der Waals surface area contributed by atoms with Gasteiger partial charge in [0.15, 0.2) is 0 Å². The Morgan fingerprint density at radius 3 is 2.31 bits per heavy atom. The molecule has 2 nitrogen and oxygen atoms in total. The molecule has 0 saturated carbocycles. The van der Waals surface area contributed by atoms with E-state index >= 15 is 0 Å². The fraction of sp³-hybridized carbons (Fsp3) is 0.364. The lowest BCUT2D eigenvalue weighted by molar-refractivity contribution is 1.14. The summed E-state index contributed by atoms with van der Waals surface area (Å²) in [5.74, 6) is 0.684. The van der Waals surface area contributed by atoms with Gasteiger partial charge in [0.05, 0.1) is 11.5 Å². The first-order chi connectivity index (χ1) is 6.26. The molecule has 1 rings (SSSR count). The number of nitrogens with zero attached hydrogens (tertiary/aromatic N) is 1. The zero-order chi connectivity index (χ0) is 9.68. The number of nitrogens with two attached hydrogens (primary N) is 1. The molecule has 70 valence electrons. The van der Waals surface area contributed by atoms with Crippen LogP contribution in [0.5, 0.6) is 0 Å². The minimum absolute atomic E-state index is 0.684. The van der Waals surface area contributed by atoms with Crippen LogP contribution < -0.4 is 5.73 Å². The highest BCUT2D eigenvalue weighted by molar-refractivity contribution is 5.82. The molecule has 0 aliphatic carbocycles. The van der Waals surface area contributed by atoms with E-state index in [0.717, 1.165) is 18.5 Å². The van der Waals surface area contributed by atoms with Crippen molar-refractivity contribution in [1.29, 1.82) is 0 Å². The topological polar surface area (TPSA) is 38.4 Å². The number of hydrogen-bond acceptors (Lipinski definition) is 1. The molecule has 2 N–H and O–H groups in total. The van der Waals surface area contributed by atoms with Gasteiger partial charge < -0.3 is 5.73 Å². The lowest BCUT2D eigenvalue weighted by atomic mass is 10.1. The van der Waals surface area contributed by atoms with Gasteiger partial charge in [-0.3, -0.25) is 0 Å². The van der Waals surface area contributed by atoms with E-state index in [1.165, 1.54) is 5.56 Å². The highest BCUT2D eigenvalue weighted by Crippen LogP contribution is 2.13. The SMILES string of the molecule is CCC(N)=Nc1ccc(CC)cc1. The number of aryl methyl sites for hydroxylation is 1. The van der Waals surface area contributed by atoms with Gasteiger partial charge in [-0.05, 0) is 24.1 Å². The first-order valence-corrected chi connectivity index (χ1v) is 4.68. The summed E-state index contributed by atoms with van der Waals surface area (Å²) in [5.41, 5.74) is 7.89. The summed E-state index contributed by atoms with van der Waals surface area (Å²) in [7, 11) is 0. The average Bonchev–Trinajstić information content (AvgIpc) is 2.19. The first kappa shape index (κ1) is 9.78. The molecule has 13 heavy (non-hydrogen) atoms. The van der Waals surface area contributed by atoms with Crippen molar-refractivity contribution in [2.45, 2.75) is 26.7 Å². The Morgan fingerprint density at radius 2 is 1.85 bits per heavy atom. The van der Waals surface area contributed by atoms with Gasteiger partial charge in [-0.15, -0.1) is 0 Å². The third-order valence-corrected chi connectivity index (χ3v) is 1.98. The molecule has 2 heteroatoms. The zero-order valence-corrected chi connectivity index (χ0v) is 8.25. The van der Waals surface area contributed by atoms with Crippen LogP contribution in [0.1, 0.15) is 25.8 Å². The lowest BCUT2D eigenvalue weighted by Crippen LogP contribution is -2.08. The van der Waals surface area contributed by atoms with Gasteiger partial charge in [0.25, 0.3) is 0 Å². The fourth-order valence-electron chi connectivity index (χ4n) is 1.05. The Balaban J connectivity index is 2.80. The van der Waals surface area contributed by atoms with E-state index in [2.05, 4.69) is 24.0 Å². The molecule has 0 saturated heterocycles. The molecule has 0 aliphatic heterocycles. The third kappa shape index (κ3) is 2.90. The number of hydrogen-bond donors (Lipinski definition) is 1. The molecule has 0 atom stereocenters. The van der Waals surface area contributed by atoms with E-state index in [1.54, 1.807) is 0 Å². The van der Waals surface area contributed by atoms with Crippen molar-refractivity contribution in [1.82, 2.24) is 0 Å². The molecule has 0 heterocycles. The van der Waals surface area contributed by atoms with Crippen LogP contribution in [0.4, 0.5) is 5.69 Å². The minimum atomic E-state index is 0.684. The number of amidine groups is 1. The molecule has 0 fully saturated rings. The molecule has 0 radical (unpaired) electrons. The molecule has 1 aromatic carbocycles. The Morgan fingerprint density at radius 1 is 1.23 bits per heavy atom. The van der Waals surface area contributed by atoms with Crippen molar-refractivity contribution in [2.75, 3.05) is 0 Å². The van der Waals surface area contributed by atoms with Gasteiger partial charge >= 0.3 is 0 Å². The summed E-state index contributed by atoms with van der Waals surface area (Å²) in [4.78, 5) is 4.25. The van der Waals surface area contributed by atoms with Crippen LogP contribution in [0.25, 0.3) is 0 Å². The number of rotatable bonds is 3. The lowest BCUT2D eigenvalue weighted by Gasteiger charge is -1.98. The second-order valence-electron chi connectivity index (χ2n) is 2.98. The van der Waals surface area contributed by atoms with Crippen molar-refractivity contribution in [3.63, 3.8) is 0 Å². The van der Waals surface area contributed by atoms with Crippen LogP contribution in [0.15, 0.2) is 29.3 Å². The Labute approximate surface area is 79.5 Å². The van der Waals surface area contributed by atoms with Crippen molar-refractivity contribution < 1.29 is 0 Å². The van der Waals surface area contributed by atoms with E-state index in [9.17, 15) is 0 Å². The maximum atomic E-state index is 5.63. The second-order valence-corrected chi connectivity index (χ2v) is 2.98. The number of aliphatic imine (C=N–C) groups is 1. The van der Waals surface area contributed by atoms with Gasteiger partial charge in [0.2, 0.25) is 0 Å². The predicted octanol–water partition coefficient (Wildman–Crippen LogP) is 2.65. The van der Waals surface area contributed by atoms with E-state index in [-0.39, 0.29) is 0 Å². The summed E-state index contributed by atoms with van der Waals surface area (Å²) in [6.07, 6.45) is 1.86. The maximum absolute atomic E-state index is 5.63. The van der Waals surface area contributed by atoms with Crippen molar-refractivity contribution in [3.8, 4) is 0 Å². The normalized spacial score (nSPS) is 11.7. The summed E-state index contributed by atoms with van der Waals surface area (Å²) in [5, 5.41) is 0. The van der Waals surface area contributed by atoms with Crippen molar-refractivity contribution in [3.05, 3.63) is 29.8 Å². The highest BCUT2D eigenvalue weighted by atomic mass is 14.8. The van der Waals surface area contributed by atoms with Gasteiger partial charge in [-0.1, -0.05) is 26.0 Å². The van der Waals surface area contributed by atoms with Gasteiger partial charge in [-0.25, -0.2) is 4.99 Å². The maximum Gasteiger partial charge on any atom is 0.0993 e. The number of benzene rings is 1. The van der Waals surface area contributed by atoms with Gasteiger partial charge in [0.1, 0.15) is 0 Å². The Hall–Kier alpha value is -1.31. The highest BCUT2D eigenvalue weighted by Gasteiger charge is 1.91. The van der Waals surface area contributed by atoms with Crippen molar-refractivity contribution in [2.24, 2.45) is 10.7 Å². The Kier molecular flexibility index (Phi) is 3.50. The molecule has 1 aromatic rings. The first-order valence-electron chi connectivity index (χ1n) is 4.68.